The smallest absolute Gasteiger partial charge is 0.313 e. The Kier molecular flexibility index (Phi) is 3.83. The summed E-state index contributed by atoms with van der Waals surface area (Å²) in [6.45, 7) is 0.510. The average molecular weight is 300 g/mol. The van der Waals surface area contributed by atoms with Gasteiger partial charge < -0.3 is 5.11 Å². The second kappa shape index (κ2) is 5.92. The van der Waals surface area contributed by atoms with E-state index in [1.165, 1.54) is 0 Å². The maximum Gasteiger partial charge on any atom is 0.313 e. The van der Waals surface area contributed by atoms with Gasteiger partial charge in [0.05, 0.1) is 12.3 Å². The van der Waals surface area contributed by atoms with Crippen LogP contribution in [0.4, 0.5) is 0 Å². The minimum Gasteiger partial charge on any atom is -0.481 e. The molecule has 0 atom stereocenters. The second-order valence-electron chi connectivity index (χ2n) is 4.44. The SMILES string of the molecule is O=C(O)CSc1nnnn1Cc1cccc2ccccc12. The number of nitrogens with zero attached hydrogens (tertiary/aromatic N) is 4. The number of carbonyl (C=O) groups is 1. The molecule has 0 saturated carbocycles. The molecule has 0 aliphatic heterocycles. The van der Waals surface area contributed by atoms with Crippen molar-refractivity contribution in [2.75, 3.05) is 5.75 Å². The minimum atomic E-state index is -0.889. The van der Waals surface area contributed by atoms with Crippen LogP contribution in [0.3, 0.4) is 0 Å². The Hall–Kier alpha value is -2.41. The summed E-state index contributed by atoms with van der Waals surface area (Å²) in [5, 5.41) is 23.0. The lowest BCUT2D eigenvalue weighted by Gasteiger charge is -2.07. The van der Waals surface area contributed by atoms with Crippen molar-refractivity contribution < 1.29 is 9.90 Å². The first-order chi connectivity index (χ1) is 10.2. The van der Waals surface area contributed by atoms with Gasteiger partial charge in [-0.25, -0.2) is 4.68 Å². The van der Waals surface area contributed by atoms with E-state index in [1.54, 1.807) is 4.68 Å². The Bertz CT molecular complexity index is 782. The van der Waals surface area contributed by atoms with Crippen LogP contribution in [-0.2, 0) is 11.3 Å². The van der Waals surface area contributed by atoms with Crippen LogP contribution >= 0.6 is 11.8 Å². The van der Waals surface area contributed by atoms with Crippen LogP contribution in [0.2, 0.25) is 0 Å². The highest BCUT2D eigenvalue weighted by molar-refractivity contribution is 7.99. The molecule has 106 valence electrons. The summed E-state index contributed by atoms with van der Waals surface area (Å²) in [5.74, 6) is -0.949. The molecule has 0 fully saturated rings. The highest BCUT2D eigenvalue weighted by Crippen LogP contribution is 2.21. The van der Waals surface area contributed by atoms with Gasteiger partial charge in [-0.15, -0.1) is 5.10 Å². The largest absolute Gasteiger partial charge is 0.481 e. The van der Waals surface area contributed by atoms with E-state index in [0.29, 0.717) is 11.7 Å². The molecule has 0 amide bonds. The molecular formula is C14H12N4O2S. The van der Waals surface area contributed by atoms with Gasteiger partial charge in [0.1, 0.15) is 0 Å². The van der Waals surface area contributed by atoms with Crippen LogP contribution < -0.4 is 0 Å². The van der Waals surface area contributed by atoms with Crippen LogP contribution in [0.5, 0.6) is 0 Å². The zero-order chi connectivity index (χ0) is 14.7. The van der Waals surface area contributed by atoms with Gasteiger partial charge in [-0.05, 0) is 26.8 Å². The summed E-state index contributed by atoms with van der Waals surface area (Å²) in [6.07, 6.45) is 0. The number of tetrazole rings is 1. The summed E-state index contributed by atoms with van der Waals surface area (Å²) in [7, 11) is 0. The maximum absolute atomic E-state index is 10.6. The summed E-state index contributed by atoms with van der Waals surface area (Å²) >= 11 is 1.11. The van der Waals surface area contributed by atoms with Gasteiger partial charge in [0.2, 0.25) is 5.16 Å². The van der Waals surface area contributed by atoms with E-state index in [2.05, 4.69) is 33.7 Å². The van der Waals surface area contributed by atoms with Gasteiger partial charge in [0.15, 0.2) is 0 Å². The number of fused-ring (bicyclic) bond motifs is 1. The van der Waals surface area contributed by atoms with Gasteiger partial charge >= 0.3 is 5.97 Å². The first-order valence-electron chi connectivity index (χ1n) is 6.31. The van der Waals surface area contributed by atoms with Crippen molar-refractivity contribution in [1.82, 2.24) is 20.2 Å². The number of aromatic nitrogens is 4. The Labute approximate surface area is 124 Å². The molecule has 6 nitrogen and oxygen atoms in total. The maximum atomic E-state index is 10.6. The zero-order valence-corrected chi connectivity index (χ0v) is 11.8. The predicted molar refractivity (Wildman–Crippen MR) is 79.2 cm³/mol. The van der Waals surface area contributed by atoms with E-state index < -0.39 is 5.97 Å². The number of thioether (sulfide) groups is 1. The van der Waals surface area contributed by atoms with Crippen molar-refractivity contribution in [2.24, 2.45) is 0 Å². The molecule has 0 bridgehead atoms. The summed E-state index contributed by atoms with van der Waals surface area (Å²) in [4.78, 5) is 10.6. The highest BCUT2D eigenvalue weighted by Gasteiger charge is 2.10. The van der Waals surface area contributed by atoms with Gasteiger partial charge in [-0.3, -0.25) is 4.79 Å². The molecule has 0 unspecified atom stereocenters. The minimum absolute atomic E-state index is 0.0596. The molecule has 3 rings (SSSR count). The van der Waals surface area contributed by atoms with Crippen molar-refractivity contribution in [2.45, 2.75) is 11.7 Å². The van der Waals surface area contributed by atoms with Crippen molar-refractivity contribution in [3.63, 3.8) is 0 Å². The number of carboxylic acid groups (broad SMARTS) is 1. The molecule has 0 spiro atoms. The summed E-state index contributed by atoms with van der Waals surface area (Å²) in [5.41, 5.74) is 1.09. The van der Waals surface area contributed by atoms with Gasteiger partial charge in [-0.2, -0.15) is 0 Å². The van der Waals surface area contributed by atoms with Crippen molar-refractivity contribution in [3.8, 4) is 0 Å². The van der Waals surface area contributed by atoms with Crippen LogP contribution in [0, 0.1) is 0 Å². The van der Waals surface area contributed by atoms with Crippen molar-refractivity contribution >= 4 is 28.5 Å². The molecule has 1 heterocycles. The van der Waals surface area contributed by atoms with Crippen LogP contribution in [0.1, 0.15) is 5.56 Å². The monoisotopic (exact) mass is 300 g/mol. The molecule has 7 heteroatoms. The van der Waals surface area contributed by atoms with Crippen molar-refractivity contribution in [1.29, 1.82) is 0 Å². The van der Waals surface area contributed by atoms with E-state index in [4.69, 9.17) is 5.11 Å². The van der Waals surface area contributed by atoms with E-state index in [1.807, 2.05) is 24.3 Å². The van der Waals surface area contributed by atoms with E-state index in [9.17, 15) is 4.79 Å². The average Bonchev–Trinajstić information content (AvgIpc) is 2.93. The molecule has 21 heavy (non-hydrogen) atoms. The normalized spacial score (nSPS) is 10.9. The van der Waals surface area contributed by atoms with Gasteiger partial charge in [0.25, 0.3) is 0 Å². The van der Waals surface area contributed by atoms with Crippen LogP contribution in [-0.4, -0.2) is 37.0 Å². The number of hydrogen-bond donors (Lipinski definition) is 1. The standard InChI is InChI=1S/C14H12N4O2S/c19-13(20)9-21-14-15-16-17-18(14)8-11-6-3-5-10-4-1-2-7-12(10)11/h1-7H,8-9H2,(H,19,20). The third-order valence-electron chi connectivity index (χ3n) is 3.02. The van der Waals surface area contributed by atoms with Crippen LogP contribution in [0.15, 0.2) is 47.6 Å². The Morgan fingerprint density at radius 2 is 2.00 bits per heavy atom. The van der Waals surface area contributed by atoms with E-state index >= 15 is 0 Å². The van der Waals surface area contributed by atoms with Crippen molar-refractivity contribution in [3.05, 3.63) is 48.0 Å². The molecule has 3 aromatic rings. The molecule has 1 N–H and O–H groups in total. The first-order valence-corrected chi connectivity index (χ1v) is 7.30. The fourth-order valence-corrected chi connectivity index (χ4v) is 2.71. The Morgan fingerprint density at radius 1 is 1.19 bits per heavy atom. The molecule has 0 aliphatic rings. The van der Waals surface area contributed by atoms with Gasteiger partial charge in [0, 0.05) is 0 Å². The molecule has 0 radical (unpaired) electrons. The second-order valence-corrected chi connectivity index (χ2v) is 5.38. The molecule has 1 aromatic heterocycles. The number of aliphatic carboxylic acids is 1. The van der Waals surface area contributed by atoms with Crippen LogP contribution in [0.25, 0.3) is 10.8 Å². The number of carboxylic acids is 1. The molecule has 2 aromatic carbocycles. The summed E-state index contributed by atoms with van der Waals surface area (Å²) in [6, 6.07) is 14.2. The number of hydrogen-bond acceptors (Lipinski definition) is 5. The molecule has 0 aliphatic carbocycles. The van der Waals surface area contributed by atoms with E-state index in [0.717, 1.165) is 28.1 Å². The lowest BCUT2D eigenvalue weighted by Crippen LogP contribution is -2.06. The lowest BCUT2D eigenvalue weighted by molar-refractivity contribution is -0.133. The Balaban J connectivity index is 1.89. The number of benzene rings is 2. The number of rotatable bonds is 5. The third kappa shape index (κ3) is 3.03. The third-order valence-corrected chi connectivity index (χ3v) is 3.97. The topological polar surface area (TPSA) is 80.9 Å². The first kappa shape index (κ1) is 13.6. The fraction of sp³-hybridized carbons (Fsp3) is 0.143. The van der Waals surface area contributed by atoms with Gasteiger partial charge in [-0.1, -0.05) is 54.2 Å². The zero-order valence-electron chi connectivity index (χ0n) is 11.0. The predicted octanol–water partition coefficient (Wildman–Crippen LogP) is 2.05. The highest BCUT2D eigenvalue weighted by atomic mass is 32.2. The molecular weight excluding hydrogens is 288 g/mol. The summed E-state index contributed by atoms with van der Waals surface area (Å²) < 4.78 is 1.62. The lowest BCUT2D eigenvalue weighted by atomic mass is 10.0. The Morgan fingerprint density at radius 3 is 2.86 bits per heavy atom. The molecule has 0 saturated heterocycles. The van der Waals surface area contributed by atoms with E-state index in [-0.39, 0.29) is 5.75 Å². The quantitative estimate of drug-likeness (QED) is 0.726. The fourth-order valence-electron chi connectivity index (χ4n) is 2.12.